The summed E-state index contributed by atoms with van der Waals surface area (Å²) in [4.78, 5) is 13.2. The number of rotatable bonds is 7. The fourth-order valence-corrected chi connectivity index (χ4v) is 8.58. The van der Waals surface area contributed by atoms with Gasteiger partial charge >= 0.3 is 6.01 Å². The number of nitrogen functional groups attached to an aromatic ring is 1. The Morgan fingerprint density at radius 3 is 2.50 bits per heavy atom. The zero-order valence-corrected chi connectivity index (χ0v) is 26.2. The van der Waals surface area contributed by atoms with E-state index in [0.29, 0.717) is 30.8 Å². The summed E-state index contributed by atoms with van der Waals surface area (Å²) < 4.78 is 65.7. The number of ether oxygens (including phenoxy) is 1. The van der Waals surface area contributed by atoms with E-state index in [-0.39, 0.29) is 85.5 Å². The van der Waals surface area contributed by atoms with E-state index in [0.717, 1.165) is 37.0 Å². The molecule has 4 aliphatic rings. The molecule has 1 aliphatic carbocycles. The van der Waals surface area contributed by atoms with Gasteiger partial charge in [0.2, 0.25) is 0 Å². The van der Waals surface area contributed by atoms with Crippen molar-refractivity contribution in [1.29, 1.82) is 5.26 Å². The molecule has 1 saturated carbocycles. The molecule has 0 amide bonds. The molecule has 2 bridgehead atoms. The van der Waals surface area contributed by atoms with E-state index in [9.17, 15) is 18.4 Å². The lowest BCUT2D eigenvalue weighted by Gasteiger charge is -2.34. The highest BCUT2D eigenvalue weighted by atomic mass is 35.5. The maximum Gasteiger partial charge on any atom is 0.319 e. The summed E-state index contributed by atoms with van der Waals surface area (Å²) in [6.07, 6.45) is 0.738. The molecule has 4 aromatic rings. The van der Waals surface area contributed by atoms with Crippen molar-refractivity contribution >= 4 is 54.7 Å². The highest BCUT2D eigenvalue weighted by Crippen LogP contribution is 2.48. The quantitative estimate of drug-likeness (QED) is 0.231. The minimum absolute atomic E-state index is 0.0123. The first-order valence-corrected chi connectivity index (χ1v) is 16.6. The average molecular weight is 672 g/mol. The molecule has 240 valence electrons. The molecule has 2 aromatic carbocycles. The van der Waals surface area contributed by atoms with E-state index in [1.54, 1.807) is 11.0 Å². The molecule has 46 heavy (non-hydrogen) atoms. The number of hydrogen-bond acceptors (Lipinski definition) is 9. The van der Waals surface area contributed by atoms with Crippen molar-refractivity contribution in [3.63, 3.8) is 0 Å². The monoisotopic (exact) mass is 671 g/mol. The number of benzene rings is 2. The second kappa shape index (κ2) is 11.1. The molecule has 14 heteroatoms. The van der Waals surface area contributed by atoms with E-state index < -0.39 is 24.0 Å². The topological polar surface area (TPSA) is 103 Å². The summed E-state index contributed by atoms with van der Waals surface area (Å²) in [5, 5.41) is 14.2. The van der Waals surface area contributed by atoms with E-state index >= 15 is 4.39 Å². The number of hydrogen-bond donors (Lipinski definition) is 2. The molecule has 2 aromatic heterocycles. The van der Waals surface area contributed by atoms with Gasteiger partial charge in [0.05, 0.1) is 21.9 Å². The van der Waals surface area contributed by atoms with Crippen LogP contribution in [0.15, 0.2) is 18.2 Å². The van der Waals surface area contributed by atoms with Crippen LogP contribution >= 0.6 is 22.9 Å². The van der Waals surface area contributed by atoms with Crippen LogP contribution in [-0.4, -0.2) is 78.6 Å². The van der Waals surface area contributed by atoms with Crippen LogP contribution in [0, 0.1) is 28.4 Å². The molecule has 4 atom stereocenters. The third-order valence-electron chi connectivity index (χ3n) is 9.84. The van der Waals surface area contributed by atoms with Crippen LogP contribution in [0.5, 0.6) is 6.01 Å². The number of likely N-dealkylation sites (tertiary alicyclic amines) is 1. The lowest BCUT2D eigenvalue weighted by Crippen LogP contribution is -2.51. The van der Waals surface area contributed by atoms with Crippen molar-refractivity contribution in [2.75, 3.05) is 50.0 Å². The first kappa shape index (κ1) is 29.9. The predicted octanol–water partition coefficient (Wildman–Crippen LogP) is 5.99. The predicted molar refractivity (Wildman–Crippen MR) is 170 cm³/mol. The lowest BCUT2D eigenvalue weighted by atomic mass is 9.97. The molecule has 3 aliphatic heterocycles. The number of nitrogens with two attached hydrogens (primary N) is 1. The summed E-state index contributed by atoms with van der Waals surface area (Å²) in [6, 6.07) is 6.76. The minimum Gasteiger partial charge on any atom is -0.463 e. The van der Waals surface area contributed by atoms with Crippen molar-refractivity contribution in [3.05, 3.63) is 40.4 Å². The number of nitrogens with zero attached hydrogens (tertiary/aromatic N) is 5. The zero-order chi connectivity index (χ0) is 31.9. The number of piperazine rings is 1. The molecule has 3 N–H and O–H groups in total. The largest absolute Gasteiger partial charge is 0.463 e. The van der Waals surface area contributed by atoms with Crippen molar-refractivity contribution in [1.82, 2.24) is 20.2 Å². The fourth-order valence-electron chi connectivity index (χ4n) is 7.33. The Balaban J connectivity index is 1.22. The number of nitrogens with one attached hydrogen (secondary N) is 1. The third kappa shape index (κ3) is 5.01. The zero-order valence-electron chi connectivity index (χ0n) is 24.6. The smallest absolute Gasteiger partial charge is 0.319 e. The number of aromatic nitrogens is 2. The van der Waals surface area contributed by atoms with Crippen LogP contribution < -0.4 is 20.7 Å². The minimum atomic E-state index is -1.49. The van der Waals surface area contributed by atoms with Gasteiger partial charge in [-0.05, 0) is 43.4 Å². The van der Waals surface area contributed by atoms with Gasteiger partial charge in [0.1, 0.15) is 40.6 Å². The molecule has 8 nitrogen and oxygen atoms in total. The van der Waals surface area contributed by atoms with Gasteiger partial charge in [-0.15, -0.1) is 11.3 Å². The first-order valence-electron chi connectivity index (χ1n) is 15.4. The maximum atomic E-state index is 16.9. The molecule has 3 saturated heterocycles. The van der Waals surface area contributed by atoms with Gasteiger partial charge in [0.25, 0.3) is 0 Å². The lowest BCUT2D eigenvalue weighted by molar-refractivity contribution is 0.164. The number of anilines is 2. The molecule has 2 unspecified atom stereocenters. The molecular weight excluding hydrogens is 642 g/mol. The maximum absolute atomic E-state index is 16.9. The Hall–Kier alpha value is -3.44. The van der Waals surface area contributed by atoms with Gasteiger partial charge in [0, 0.05) is 66.6 Å². The molecular formula is C32H30ClF4N7OS. The van der Waals surface area contributed by atoms with E-state index in [1.807, 2.05) is 6.07 Å². The van der Waals surface area contributed by atoms with Crippen molar-refractivity contribution < 1.29 is 22.3 Å². The van der Waals surface area contributed by atoms with Crippen LogP contribution in [0.3, 0.4) is 0 Å². The number of halogens is 5. The van der Waals surface area contributed by atoms with Gasteiger partial charge in [-0.2, -0.15) is 15.2 Å². The van der Waals surface area contributed by atoms with Crippen LogP contribution in [0.25, 0.3) is 32.1 Å². The van der Waals surface area contributed by atoms with Crippen LogP contribution in [0.1, 0.15) is 31.2 Å². The molecule has 0 spiro atoms. The van der Waals surface area contributed by atoms with Gasteiger partial charge in [-0.25, -0.2) is 17.6 Å². The van der Waals surface area contributed by atoms with E-state index in [1.165, 1.54) is 12.1 Å². The van der Waals surface area contributed by atoms with Crippen LogP contribution in [0.4, 0.5) is 28.4 Å². The number of alkyl halides is 2. The van der Waals surface area contributed by atoms with Crippen molar-refractivity contribution in [2.45, 2.75) is 50.1 Å². The van der Waals surface area contributed by atoms with Gasteiger partial charge in [-0.1, -0.05) is 17.7 Å². The van der Waals surface area contributed by atoms with Gasteiger partial charge < -0.3 is 20.7 Å². The Bertz CT molecular complexity index is 1910. The second-order valence-electron chi connectivity index (χ2n) is 13.1. The van der Waals surface area contributed by atoms with Crippen molar-refractivity contribution in [2.24, 2.45) is 5.41 Å². The standard InChI is InChI=1S/C32H30ClF4N7OS/c33-20-7-18-27(26(37)25(20)17-3-4-21(34)28-24(17)19(8-38)29(39)46-28)41-31(42-30(18)44-9-15-1-2-16(10-44)40-15)45-14-32(5-6-32)13-43-11-22(35)23(36)12-43/h3-4,7,15-16,22-23,40H,1-2,5-6,9-14,39H2/t15?,16?,22-,23+. The van der Waals surface area contributed by atoms with E-state index in [4.69, 9.17) is 27.1 Å². The SMILES string of the molecule is N#Cc1c(N)sc2c(F)ccc(-c3c(Cl)cc4c(N5CC6CCC(C5)N6)nc(OCC5(CN6C[C@@H](F)[C@@H](F)C6)CC5)nc4c3F)c12. The second-order valence-corrected chi connectivity index (χ2v) is 14.5. The molecule has 4 fully saturated rings. The Morgan fingerprint density at radius 1 is 1.11 bits per heavy atom. The number of nitriles is 1. The molecule has 8 rings (SSSR count). The summed E-state index contributed by atoms with van der Waals surface area (Å²) in [5.41, 5.74) is 6.00. The fraction of sp³-hybridized carbons (Fsp3) is 0.469. The Labute approximate surface area is 271 Å². The Morgan fingerprint density at radius 2 is 1.83 bits per heavy atom. The summed E-state index contributed by atoms with van der Waals surface area (Å²) in [7, 11) is 0. The van der Waals surface area contributed by atoms with Crippen molar-refractivity contribution in [3.8, 4) is 23.2 Å². The normalized spacial score (nSPS) is 25.4. The highest BCUT2D eigenvalue weighted by molar-refractivity contribution is 7.23. The van der Waals surface area contributed by atoms with E-state index in [2.05, 4.69) is 15.2 Å². The summed E-state index contributed by atoms with van der Waals surface area (Å²) in [5.74, 6) is -0.829. The highest BCUT2D eigenvalue weighted by Gasteiger charge is 2.47. The number of thiophene rings is 1. The Kier molecular flexibility index (Phi) is 7.21. The van der Waals surface area contributed by atoms with Crippen LogP contribution in [-0.2, 0) is 0 Å². The molecule has 0 radical (unpaired) electrons. The average Bonchev–Trinajstić information content (AvgIpc) is 3.43. The third-order valence-corrected chi connectivity index (χ3v) is 11.2. The van der Waals surface area contributed by atoms with Crippen LogP contribution in [0.2, 0.25) is 5.02 Å². The van der Waals surface area contributed by atoms with Gasteiger partial charge in [0.15, 0.2) is 5.82 Å². The molecule has 5 heterocycles. The summed E-state index contributed by atoms with van der Waals surface area (Å²) >= 11 is 7.74. The number of fused-ring (bicyclic) bond motifs is 4. The first-order chi connectivity index (χ1) is 22.1. The summed E-state index contributed by atoms with van der Waals surface area (Å²) in [6.45, 7) is 2.15. The van der Waals surface area contributed by atoms with Gasteiger partial charge in [-0.3, -0.25) is 4.90 Å².